The number of amides is 2. The number of carbonyl (C=O) groups is 2. The highest BCUT2D eigenvalue weighted by Gasteiger charge is 1.98. The van der Waals surface area contributed by atoms with E-state index in [1.165, 1.54) is 6.92 Å². The predicted octanol–water partition coefficient (Wildman–Crippen LogP) is -0.420. The highest BCUT2D eigenvalue weighted by Crippen LogP contribution is 1.79. The van der Waals surface area contributed by atoms with Gasteiger partial charge in [0.2, 0.25) is 11.8 Å². The van der Waals surface area contributed by atoms with Crippen LogP contribution in [0.2, 0.25) is 0 Å². The lowest BCUT2D eigenvalue weighted by Crippen LogP contribution is -2.27. The summed E-state index contributed by atoms with van der Waals surface area (Å²) in [6, 6.07) is 0. The summed E-state index contributed by atoms with van der Waals surface area (Å²) in [5.41, 5.74) is 2.12. The molecule has 5 nitrogen and oxygen atoms in total. The van der Waals surface area contributed by atoms with Gasteiger partial charge < -0.3 is 5.32 Å². The molecule has 0 bridgehead atoms. The van der Waals surface area contributed by atoms with Gasteiger partial charge in [-0.05, 0) is 6.92 Å². The number of hydrogen-bond donors (Lipinski definition) is 2. The molecule has 0 aliphatic carbocycles. The molecule has 0 saturated carbocycles. The Balaban J connectivity index is 3.19. The molecule has 0 saturated heterocycles. The maximum atomic E-state index is 10.8. The maximum absolute atomic E-state index is 10.8. The van der Waals surface area contributed by atoms with Crippen LogP contribution in [0.25, 0.3) is 0 Å². The summed E-state index contributed by atoms with van der Waals surface area (Å²) < 4.78 is 0. The first-order chi connectivity index (χ1) is 5.66. The van der Waals surface area contributed by atoms with E-state index in [1.54, 1.807) is 0 Å². The smallest absolute Gasteiger partial charge is 0.240 e. The van der Waals surface area contributed by atoms with Gasteiger partial charge in [-0.1, -0.05) is 0 Å². The van der Waals surface area contributed by atoms with Gasteiger partial charge >= 0.3 is 0 Å². The van der Waals surface area contributed by atoms with E-state index in [-0.39, 0.29) is 24.8 Å². The van der Waals surface area contributed by atoms with Crippen molar-refractivity contribution in [3.8, 4) is 0 Å². The number of hydroxylamine groups is 1. The van der Waals surface area contributed by atoms with Crippen LogP contribution in [-0.4, -0.2) is 25.0 Å². The Morgan fingerprint density at radius 2 is 2.08 bits per heavy atom. The summed E-state index contributed by atoms with van der Waals surface area (Å²) >= 11 is 0. The molecule has 0 radical (unpaired) electrons. The van der Waals surface area contributed by atoms with Gasteiger partial charge in [0.15, 0.2) is 0 Å². The predicted molar refractivity (Wildman–Crippen MR) is 43.1 cm³/mol. The second-order valence-corrected chi connectivity index (χ2v) is 2.21. The van der Waals surface area contributed by atoms with E-state index in [4.69, 9.17) is 0 Å². The molecule has 5 heteroatoms. The Morgan fingerprint density at radius 1 is 1.42 bits per heavy atom. The zero-order valence-electron chi connectivity index (χ0n) is 7.35. The van der Waals surface area contributed by atoms with Crippen molar-refractivity contribution in [3.63, 3.8) is 0 Å². The van der Waals surface area contributed by atoms with E-state index >= 15 is 0 Å². The minimum absolute atomic E-state index is 0.0807. The fourth-order valence-electron chi connectivity index (χ4n) is 0.582. The summed E-state index contributed by atoms with van der Waals surface area (Å²) in [5, 5.41) is 2.60. The lowest BCUT2D eigenvalue weighted by Gasteiger charge is -2.02. The van der Waals surface area contributed by atoms with E-state index in [0.29, 0.717) is 6.54 Å². The van der Waals surface area contributed by atoms with Crippen molar-refractivity contribution in [2.45, 2.75) is 20.3 Å². The zero-order chi connectivity index (χ0) is 9.40. The topological polar surface area (TPSA) is 67.4 Å². The molecule has 0 unspecified atom stereocenters. The van der Waals surface area contributed by atoms with E-state index in [2.05, 4.69) is 15.6 Å². The number of rotatable bonds is 5. The first-order valence-electron chi connectivity index (χ1n) is 3.82. The second kappa shape index (κ2) is 6.60. The van der Waals surface area contributed by atoms with Crippen molar-refractivity contribution in [2.75, 3.05) is 13.2 Å². The van der Waals surface area contributed by atoms with Crippen molar-refractivity contribution in [1.29, 1.82) is 0 Å². The van der Waals surface area contributed by atoms with Crippen LogP contribution in [0.15, 0.2) is 0 Å². The van der Waals surface area contributed by atoms with Crippen LogP contribution in [0.5, 0.6) is 0 Å². The van der Waals surface area contributed by atoms with Gasteiger partial charge in [0.1, 0.15) is 0 Å². The molecule has 0 heterocycles. The van der Waals surface area contributed by atoms with Gasteiger partial charge in [0, 0.05) is 13.5 Å². The normalized spacial score (nSPS) is 9.17. The van der Waals surface area contributed by atoms with Gasteiger partial charge in [0.25, 0.3) is 0 Å². The fourth-order valence-corrected chi connectivity index (χ4v) is 0.582. The van der Waals surface area contributed by atoms with E-state index in [9.17, 15) is 9.59 Å². The monoisotopic (exact) mass is 174 g/mol. The molecule has 0 aromatic carbocycles. The van der Waals surface area contributed by atoms with Crippen molar-refractivity contribution in [3.05, 3.63) is 0 Å². The lowest BCUT2D eigenvalue weighted by atomic mass is 10.4. The van der Waals surface area contributed by atoms with Crippen molar-refractivity contribution in [2.24, 2.45) is 0 Å². The Bertz CT molecular complexity index is 159. The third-order valence-corrected chi connectivity index (χ3v) is 1.02. The van der Waals surface area contributed by atoms with Crippen LogP contribution in [0.1, 0.15) is 20.3 Å². The lowest BCUT2D eigenvalue weighted by molar-refractivity contribution is -0.133. The molecule has 0 aliphatic rings. The average Bonchev–Trinajstić information content (AvgIpc) is 1.98. The van der Waals surface area contributed by atoms with Gasteiger partial charge in [0.05, 0.1) is 13.0 Å². The molecule has 0 aliphatic heterocycles. The SMILES string of the molecule is CCNC(=O)CCONC(C)=O. The third kappa shape index (κ3) is 7.01. The Morgan fingerprint density at radius 3 is 2.58 bits per heavy atom. The third-order valence-electron chi connectivity index (χ3n) is 1.02. The van der Waals surface area contributed by atoms with Crippen LogP contribution < -0.4 is 10.8 Å². The standard InChI is InChI=1S/C7H14N2O3/c1-3-8-7(11)4-5-12-9-6(2)10/h3-5H2,1-2H3,(H,8,11)(H,9,10). The minimum Gasteiger partial charge on any atom is -0.356 e. The Hall–Kier alpha value is -1.10. The summed E-state index contributed by atoms with van der Waals surface area (Å²) in [6.07, 6.45) is 0.258. The molecule has 0 fully saturated rings. The summed E-state index contributed by atoms with van der Waals surface area (Å²) in [4.78, 5) is 25.7. The Kier molecular flexibility index (Phi) is 6.00. The Labute approximate surface area is 71.4 Å². The highest BCUT2D eigenvalue weighted by atomic mass is 16.6. The number of hydrogen-bond acceptors (Lipinski definition) is 3. The molecule has 2 N–H and O–H groups in total. The van der Waals surface area contributed by atoms with E-state index in [0.717, 1.165) is 0 Å². The number of nitrogens with one attached hydrogen (secondary N) is 2. The van der Waals surface area contributed by atoms with Gasteiger partial charge in [-0.15, -0.1) is 0 Å². The van der Waals surface area contributed by atoms with Gasteiger partial charge in [-0.2, -0.15) is 0 Å². The zero-order valence-corrected chi connectivity index (χ0v) is 7.35. The molecular weight excluding hydrogens is 160 g/mol. The quantitative estimate of drug-likeness (QED) is 0.439. The molecule has 12 heavy (non-hydrogen) atoms. The largest absolute Gasteiger partial charge is 0.356 e. The van der Waals surface area contributed by atoms with Crippen LogP contribution in [-0.2, 0) is 14.4 Å². The molecule has 0 atom stereocenters. The van der Waals surface area contributed by atoms with Crippen LogP contribution in [0, 0.1) is 0 Å². The fraction of sp³-hybridized carbons (Fsp3) is 0.714. The highest BCUT2D eigenvalue weighted by molar-refractivity contribution is 5.76. The molecule has 0 aromatic heterocycles. The first kappa shape index (κ1) is 10.9. The minimum atomic E-state index is -0.272. The van der Waals surface area contributed by atoms with Crippen LogP contribution in [0.4, 0.5) is 0 Å². The van der Waals surface area contributed by atoms with Crippen LogP contribution >= 0.6 is 0 Å². The summed E-state index contributed by atoms with van der Waals surface area (Å²) in [6.45, 7) is 3.99. The van der Waals surface area contributed by atoms with Gasteiger partial charge in [-0.25, -0.2) is 5.48 Å². The number of carbonyl (C=O) groups excluding carboxylic acids is 2. The van der Waals surface area contributed by atoms with E-state index < -0.39 is 0 Å². The van der Waals surface area contributed by atoms with Crippen molar-refractivity contribution >= 4 is 11.8 Å². The molecule has 2 amide bonds. The molecule has 0 rings (SSSR count). The van der Waals surface area contributed by atoms with E-state index in [1.807, 2.05) is 6.92 Å². The summed E-state index contributed by atoms with van der Waals surface area (Å²) in [5.74, 6) is -0.353. The molecule has 0 aromatic rings. The average molecular weight is 174 g/mol. The van der Waals surface area contributed by atoms with Gasteiger partial charge in [-0.3, -0.25) is 14.4 Å². The second-order valence-electron chi connectivity index (χ2n) is 2.21. The van der Waals surface area contributed by atoms with Crippen molar-refractivity contribution in [1.82, 2.24) is 10.8 Å². The first-order valence-corrected chi connectivity index (χ1v) is 3.82. The molecule has 70 valence electrons. The van der Waals surface area contributed by atoms with Crippen molar-refractivity contribution < 1.29 is 14.4 Å². The molecular formula is C7H14N2O3. The molecule has 0 spiro atoms. The maximum Gasteiger partial charge on any atom is 0.240 e. The van der Waals surface area contributed by atoms with Crippen LogP contribution in [0.3, 0.4) is 0 Å². The summed E-state index contributed by atoms with van der Waals surface area (Å²) in [7, 11) is 0.